The number of carbonyl (C=O) groups excluding carboxylic acids is 1. The number of rotatable bonds is 7. The minimum atomic E-state index is -0.219. The van der Waals surface area contributed by atoms with Crippen molar-refractivity contribution in [2.24, 2.45) is 0 Å². The van der Waals surface area contributed by atoms with Crippen LogP contribution in [-0.4, -0.2) is 18.3 Å². The van der Waals surface area contributed by atoms with E-state index in [9.17, 15) is 4.79 Å². The molecule has 0 unspecified atom stereocenters. The second-order valence-electron chi connectivity index (χ2n) is 6.64. The number of amides is 1. The van der Waals surface area contributed by atoms with Crippen LogP contribution in [0.25, 0.3) is 0 Å². The summed E-state index contributed by atoms with van der Waals surface area (Å²) >= 11 is 1.54. The highest BCUT2D eigenvalue weighted by molar-refractivity contribution is 8.00. The summed E-state index contributed by atoms with van der Waals surface area (Å²) in [7, 11) is 1.65. The van der Waals surface area contributed by atoms with E-state index in [1.807, 2.05) is 61.5 Å². The molecule has 3 aromatic carbocycles. The Morgan fingerprint density at radius 2 is 1.57 bits per heavy atom. The molecule has 3 nitrogen and oxygen atoms in total. The molecule has 3 aromatic rings. The largest absolute Gasteiger partial charge is 0.497 e. The predicted molar refractivity (Wildman–Crippen MR) is 116 cm³/mol. The van der Waals surface area contributed by atoms with Crippen LogP contribution in [0.5, 0.6) is 5.75 Å². The minimum Gasteiger partial charge on any atom is -0.497 e. The number of methoxy groups -OCH3 is 1. The molecule has 0 aliphatic rings. The van der Waals surface area contributed by atoms with Crippen molar-refractivity contribution >= 4 is 17.7 Å². The van der Waals surface area contributed by atoms with Gasteiger partial charge in [0.15, 0.2) is 0 Å². The first-order chi connectivity index (χ1) is 13.6. The summed E-state index contributed by atoms with van der Waals surface area (Å²) in [6.45, 7) is 4.01. The molecule has 28 heavy (non-hydrogen) atoms. The van der Waals surface area contributed by atoms with Crippen LogP contribution in [0, 0.1) is 6.92 Å². The molecule has 0 spiro atoms. The summed E-state index contributed by atoms with van der Waals surface area (Å²) in [6.07, 6.45) is 0. The standard InChI is InChI=1S/C24H25NO2S/c1-17-9-7-8-12-22(17)23(19-10-5-4-6-11-19)25-24(26)18(2)28-21-15-13-20(27-3)14-16-21/h4-16,18,23H,1-3H3,(H,25,26)/t18-,23-/m0/s1. The Hall–Kier alpha value is -2.72. The van der Waals surface area contributed by atoms with E-state index in [0.717, 1.165) is 27.3 Å². The lowest BCUT2D eigenvalue weighted by Crippen LogP contribution is -2.35. The normalized spacial score (nSPS) is 12.8. The Morgan fingerprint density at radius 1 is 0.929 bits per heavy atom. The highest BCUT2D eigenvalue weighted by Gasteiger charge is 2.22. The second-order valence-corrected chi connectivity index (χ2v) is 8.06. The van der Waals surface area contributed by atoms with Crippen LogP contribution in [0.4, 0.5) is 0 Å². The lowest BCUT2D eigenvalue weighted by atomic mass is 9.95. The van der Waals surface area contributed by atoms with Gasteiger partial charge in [-0.15, -0.1) is 11.8 Å². The number of hydrogen-bond acceptors (Lipinski definition) is 3. The maximum atomic E-state index is 13.0. The topological polar surface area (TPSA) is 38.3 Å². The van der Waals surface area contributed by atoms with Gasteiger partial charge in [0.2, 0.25) is 5.91 Å². The molecule has 3 rings (SSSR count). The van der Waals surface area contributed by atoms with E-state index in [1.165, 1.54) is 11.8 Å². The summed E-state index contributed by atoms with van der Waals surface area (Å²) in [4.78, 5) is 14.0. The molecule has 0 bridgehead atoms. The summed E-state index contributed by atoms with van der Waals surface area (Å²) in [5.74, 6) is 0.822. The van der Waals surface area contributed by atoms with Crippen molar-refractivity contribution in [1.29, 1.82) is 0 Å². The summed E-state index contributed by atoms with van der Waals surface area (Å²) in [5, 5.41) is 3.03. The van der Waals surface area contributed by atoms with E-state index in [-0.39, 0.29) is 17.2 Å². The van der Waals surface area contributed by atoms with Crippen LogP contribution in [0.15, 0.2) is 83.8 Å². The van der Waals surface area contributed by atoms with E-state index in [0.29, 0.717) is 0 Å². The van der Waals surface area contributed by atoms with E-state index in [2.05, 4.69) is 36.5 Å². The zero-order chi connectivity index (χ0) is 19.9. The zero-order valence-corrected chi connectivity index (χ0v) is 17.2. The number of carbonyl (C=O) groups is 1. The lowest BCUT2D eigenvalue weighted by Gasteiger charge is -2.23. The lowest BCUT2D eigenvalue weighted by molar-refractivity contribution is -0.120. The monoisotopic (exact) mass is 391 g/mol. The van der Waals surface area contributed by atoms with Gasteiger partial charge in [0, 0.05) is 4.90 Å². The van der Waals surface area contributed by atoms with Crippen LogP contribution in [0.2, 0.25) is 0 Å². The van der Waals surface area contributed by atoms with Gasteiger partial charge in [-0.05, 0) is 54.8 Å². The molecule has 2 atom stereocenters. The number of thioether (sulfide) groups is 1. The highest BCUT2D eigenvalue weighted by Crippen LogP contribution is 2.28. The first-order valence-electron chi connectivity index (χ1n) is 9.30. The number of hydrogen-bond donors (Lipinski definition) is 1. The van der Waals surface area contributed by atoms with Crippen molar-refractivity contribution in [3.8, 4) is 5.75 Å². The van der Waals surface area contributed by atoms with Crippen molar-refractivity contribution in [3.63, 3.8) is 0 Å². The third-order valence-electron chi connectivity index (χ3n) is 4.66. The fraction of sp³-hybridized carbons (Fsp3) is 0.208. The van der Waals surface area contributed by atoms with Crippen molar-refractivity contribution in [1.82, 2.24) is 5.32 Å². The molecular weight excluding hydrogens is 366 g/mol. The first kappa shape index (κ1) is 20.0. The average molecular weight is 392 g/mol. The van der Waals surface area contributed by atoms with Gasteiger partial charge in [0.25, 0.3) is 0 Å². The Bertz CT molecular complexity index is 909. The summed E-state index contributed by atoms with van der Waals surface area (Å²) in [5.41, 5.74) is 3.35. The van der Waals surface area contributed by atoms with Crippen LogP contribution in [0.1, 0.15) is 29.7 Å². The highest BCUT2D eigenvalue weighted by atomic mass is 32.2. The van der Waals surface area contributed by atoms with Crippen molar-refractivity contribution in [2.75, 3.05) is 7.11 Å². The van der Waals surface area contributed by atoms with Crippen molar-refractivity contribution in [3.05, 3.63) is 95.6 Å². The predicted octanol–water partition coefficient (Wildman–Crippen LogP) is 5.39. The first-order valence-corrected chi connectivity index (χ1v) is 10.2. The molecule has 0 heterocycles. The van der Waals surface area contributed by atoms with Gasteiger partial charge in [0.1, 0.15) is 5.75 Å². The smallest absolute Gasteiger partial charge is 0.233 e. The van der Waals surface area contributed by atoms with Gasteiger partial charge < -0.3 is 10.1 Å². The zero-order valence-electron chi connectivity index (χ0n) is 16.4. The van der Waals surface area contributed by atoms with Crippen LogP contribution in [-0.2, 0) is 4.79 Å². The molecule has 0 radical (unpaired) electrons. The number of ether oxygens (including phenoxy) is 1. The van der Waals surface area contributed by atoms with Crippen molar-refractivity contribution < 1.29 is 9.53 Å². The molecule has 0 saturated heterocycles. The Kier molecular flexibility index (Phi) is 6.77. The SMILES string of the molecule is COc1ccc(S[C@@H](C)C(=O)N[C@@H](c2ccccc2)c2ccccc2C)cc1. The Morgan fingerprint density at radius 3 is 2.21 bits per heavy atom. The fourth-order valence-corrected chi connectivity index (χ4v) is 3.94. The number of nitrogens with one attached hydrogen (secondary N) is 1. The quantitative estimate of drug-likeness (QED) is 0.549. The van der Waals surface area contributed by atoms with Crippen LogP contribution < -0.4 is 10.1 Å². The van der Waals surface area contributed by atoms with Gasteiger partial charge in [-0.3, -0.25) is 4.79 Å². The summed E-state index contributed by atoms with van der Waals surface area (Å²) < 4.78 is 5.19. The van der Waals surface area contributed by atoms with Gasteiger partial charge >= 0.3 is 0 Å². The molecule has 1 amide bonds. The van der Waals surface area contributed by atoms with E-state index >= 15 is 0 Å². The van der Waals surface area contributed by atoms with Crippen molar-refractivity contribution in [2.45, 2.75) is 30.0 Å². The van der Waals surface area contributed by atoms with Crippen LogP contribution >= 0.6 is 11.8 Å². The second kappa shape index (κ2) is 9.47. The Labute approximate surface area is 171 Å². The molecule has 0 saturated carbocycles. The van der Waals surface area contributed by atoms with Gasteiger partial charge in [-0.25, -0.2) is 0 Å². The van der Waals surface area contributed by atoms with E-state index < -0.39 is 0 Å². The summed E-state index contributed by atoms with van der Waals surface area (Å²) in [6, 6.07) is 25.9. The molecule has 144 valence electrons. The molecule has 4 heteroatoms. The molecule has 0 aromatic heterocycles. The average Bonchev–Trinajstić information content (AvgIpc) is 2.73. The maximum Gasteiger partial charge on any atom is 0.233 e. The number of benzene rings is 3. The third-order valence-corrected chi connectivity index (χ3v) is 5.77. The minimum absolute atomic E-state index is 0.0120. The fourth-order valence-electron chi connectivity index (χ4n) is 3.07. The molecule has 0 aliphatic carbocycles. The third kappa shape index (κ3) is 4.96. The molecule has 1 N–H and O–H groups in total. The van der Waals surface area contributed by atoms with Gasteiger partial charge in [-0.1, -0.05) is 54.6 Å². The maximum absolute atomic E-state index is 13.0. The molecule has 0 fully saturated rings. The van der Waals surface area contributed by atoms with Gasteiger partial charge in [-0.2, -0.15) is 0 Å². The Balaban J connectivity index is 1.78. The molecule has 0 aliphatic heterocycles. The number of aryl methyl sites for hydroxylation is 1. The van der Waals surface area contributed by atoms with E-state index in [4.69, 9.17) is 4.74 Å². The van der Waals surface area contributed by atoms with Crippen LogP contribution in [0.3, 0.4) is 0 Å². The van der Waals surface area contributed by atoms with E-state index in [1.54, 1.807) is 7.11 Å². The van der Waals surface area contributed by atoms with Gasteiger partial charge in [0.05, 0.1) is 18.4 Å². The molecular formula is C24H25NO2S.